The number of benzene rings is 4. The summed E-state index contributed by atoms with van der Waals surface area (Å²) in [6, 6.07) is 25.4. The molecule has 0 atom stereocenters. The molecule has 0 bridgehead atoms. The van der Waals surface area contributed by atoms with Crippen molar-refractivity contribution in [2.45, 2.75) is 26.4 Å². The lowest BCUT2D eigenvalue weighted by Crippen LogP contribution is -2.05. The first-order valence-electron chi connectivity index (χ1n) is 10.8. The van der Waals surface area contributed by atoms with E-state index in [1.165, 1.54) is 0 Å². The van der Waals surface area contributed by atoms with E-state index in [0.29, 0.717) is 18.6 Å². The van der Waals surface area contributed by atoms with Crippen LogP contribution in [0.4, 0.5) is 0 Å². The lowest BCUT2D eigenvalue weighted by atomic mass is 9.89. The number of hydrogen-bond donors (Lipinski definition) is 1. The predicted octanol–water partition coefficient (Wildman–Crippen LogP) is 6.75. The minimum atomic E-state index is -0.913. The quantitative estimate of drug-likeness (QED) is 0.339. The standard InChI is InChI=1S/C28H26O4/c1-3-8-23-24(11-7-12-25(23)28(29)30)27-22-15-14-21(31-2)17-20(22)13-16-26(27)32-18-19-9-5-4-6-10-19/h4-7,9-17H,3,8,18H2,1-2H3,(H,29,30). The molecular formula is C28H26O4. The fourth-order valence-corrected chi connectivity index (χ4v) is 4.09. The van der Waals surface area contributed by atoms with Gasteiger partial charge in [0.05, 0.1) is 12.7 Å². The molecule has 0 saturated carbocycles. The molecule has 4 aromatic rings. The summed E-state index contributed by atoms with van der Waals surface area (Å²) in [4.78, 5) is 12.0. The van der Waals surface area contributed by atoms with Gasteiger partial charge < -0.3 is 14.6 Å². The Morgan fingerprint density at radius 3 is 2.47 bits per heavy atom. The second kappa shape index (κ2) is 9.56. The second-order valence-corrected chi connectivity index (χ2v) is 7.69. The summed E-state index contributed by atoms with van der Waals surface area (Å²) in [5.74, 6) is 0.588. The van der Waals surface area contributed by atoms with Crippen molar-refractivity contribution in [3.8, 4) is 22.6 Å². The number of carbonyl (C=O) groups is 1. The van der Waals surface area contributed by atoms with Gasteiger partial charge >= 0.3 is 5.97 Å². The molecule has 0 radical (unpaired) electrons. The smallest absolute Gasteiger partial charge is 0.335 e. The molecule has 0 aromatic heterocycles. The molecule has 4 rings (SSSR count). The average molecular weight is 427 g/mol. The van der Waals surface area contributed by atoms with Crippen LogP contribution in [0.25, 0.3) is 21.9 Å². The van der Waals surface area contributed by atoms with Crippen molar-refractivity contribution >= 4 is 16.7 Å². The van der Waals surface area contributed by atoms with E-state index >= 15 is 0 Å². The Bertz CT molecular complexity index is 1250. The number of carboxylic acid groups (broad SMARTS) is 1. The minimum absolute atomic E-state index is 0.337. The summed E-state index contributed by atoms with van der Waals surface area (Å²) in [6.07, 6.45) is 1.51. The number of hydrogen-bond acceptors (Lipinski definition) is 3. The molecular weight excluding hydrogens is 400 g/mol. The zero-order chi connectivity index (χ0) is 22.5. The fourth-order valence-electron chi connectivity index (χ4n) is 4.09. The fraction of sp³-hybridized carbons (Fsp3) is 0.179. The predicted molar refractivity (Wildman–Crippen MR) is 128 cm³/mol. The monoisotopic (exact) mass is 426 g/mol. The summed E-state index contributed by atoms with van der Waals surface area (Å²) in [5, 5.41) is 11.8. The molecule has 4 nitrogen and oxygen atoms in total. The van der Waals surface area contributed by atoms with Crippen LogP contribution >= 0.6 is 0 Å². The zero-order valence-corrected chi connectivity index (χ0v) is 18.3. The first kappa shape index (κ1) is 21.4. The third-order valence-electron chi connectivity index (χ3n) is 5.60. The van der Waals surface area contributed by atoms with Crippen LogP contribution in [0.15, 0.2) is 78.9 Å². The minimum Gasteiger partial charge on any atom is -0.497 e. The van der Waals surface area contributed by atoms with E-state index < -0.39 is 5.97 Å². The van der Waals surface area contributed by atoms with Crippen LogP contribution in [-0.2, 0) is 13.0 Å². The van der Waals surface area contributed by atoms with Gasteiger partial charge in [0, 0.05) is 5.56 Å². The molecule has 32 heavy (non-hydrogen) atoms. The molecule has 0 spiro atoms. The van der Waals surface area contributed by atoms with Crippen molar-refractivity contribution in [3.63, 3.8) is 0 Å². The molecule has 0 saturated heterocycles. The average Bonchev–Trinajstić information content (AvgIpc) is 2.83. The number of carboxylic acids is 1. The Morgan fingerprint density at radius 1 is 0.938 bits per heavy atom. The maximum atomic E-state index is 12.0. The van der Waals surface area contributed by atoms with Gasteiger partial charge in [-0.1, -0.05) is 61.9 Å². The molecule has 0 heterocycles. The molecule has 0 aliphatic carbocycles. The lowest BCUT2D eigenvalue weighted by molar-refractivity contribution is 0.0695. The summed E-state index contributed by atoms with van der Waals surface area (Å²) < 4.78 is 11.7. The SMILES string of the molecule is CCCc1c(C(=O)O)cccc1-c1c(OCc2ccccc2)ccc2cc(OC)ccc12. The Kier molecular flexibility index (Phi) is 6.41. The molecule has 0 amide bonds. The third kappa shape index (κ3) is 4.30. The Labute approximate surface area is 188 Å². The summed E-state index contributed by atoms with van der Waals surface area (Å²) in [6.45, 7) is 2.49. The number of aromatic carboxylic acids is 1. The Balaban J connectivity index is 1.93. The maximum Gasteiger partial charge on any atom is 0.335 e. The van der Waals surface area contributed by atoms with Gasteiger partial charge in [-0.2, -0.15) is 0 Å². The van der Waals surface area contributed by atoms with Crippen LogP contribution in [0.3, 0.4) is 0 Å². The zero-order valence-electron chi connectivity index (χ0n) is 18.3. The van der Waals surface area contributed by atoms with E-state index in [1.807, 2.05) is 66.7 Å². The molecule has 0 aliphatic heterocycles. The van der Waals surface area contributed by atoms with Crippen molar-refractivity contribution in [2.24, 2.45) is 0 Å². The van der Waals surface area contributed by atoms with Crippen molar-refractivity contribution in [3.05, 3.63) is 95.6 Å². The van der Waals surface area contributed by atoms with Crippen LogP contribution < -0.4 is 9.47 Å². The van der Waals surface area contributed by atoms with Crippen molar-refractivity contribution < 1.29 is 19.4 Å². The van der Waals surface area contributed by atoms with E-state index in [4.69, 9.17) is 9.47 Å². The van der Waals surface area contributed by atoms with Gasteiger partial charge in [-0.3, -0.25) is 0 Å². The third-order valence-corrected chi connectivity index (χ3v) is 5.60. The Hall–Kier alpha value is -3.79. The van der Waals surface area contributed by atoms with Gasteiger partial charge in [-0.15, -0.1) is 0 Å². The van der Waals surface area contributed by atoms with Gasteiger partial charge in [-0.05, 0) is 64.2 Å². The molecule has 0 fully saturated rings. The van der Waals surface area contributed by atoms with Gasteiger partial charge in [-0.25, -0.2) is 4.79 Å². The normalized spacial score (nSPS) is 10.8. The highest BCUT2D eigenvalue weighted by atomic mass is 16.5. The van der Waals surface area contributed by atoms with Crippen molar-refractivity contribution in [1.82, 2.24) is 0 Å². The van der Waals surface area contributed by atoms with E-state index in [0.717, 1.165) is 50.9 Å². The van der Waals surface area contributed by atoms with Crippen LogP contribution in [0.5, 0.6) is 11.5 Å². The highest BCUT2D eigenvalue weighted by Gasteiger charge is 2.19. The van der Waals surface area contributed by atoms with Crippen LogP contribution in [0.2, 0.25) is 0 Å². The van der Waals surface area contributed by atoms with E-state index in [9.17, 15) is 9.90 Å². The van der Waals surface area contributed by atoms with Crippen molar-refractivity contribution in [1.29, 1.82) is 0 Å². The Morgan fingerprint density at radius 2 is 1.75 bits per heavy atom. The number of ether oxygens (including phenoxy) is 2. The second-order valence-electron chi connectivity index (χ2n) is 7.69. The molecule has 0 aliphatic rings. The molecule has 4 aromatic carbocycles. The molecule has 1 N–H and O–H groups in total. The summed E-state index contributed by atoms with van der Waals surface area (Å²) in [5.41, 5.74) is 4.04. The first-order valence-corrected chi connectivity index (χ1v) is 10.8. The number of fused-ring (bicyclic) bond motifs is 1. The van der Waals surface area contributed by atoms with E-state index in [-0.39, 0.29) is 0 Å². The largest absolute Gasteiger partial charge is 0.497 e. The summed E-state index contributed by atoms with van der Waals surface area (Å²) >= 11 is 0. The number of rotatable bonds is 8. The lowest BCUT2D eigenvalue weighted by Gasteiger charge is -2.19. The van der Waals surface area contributed by atoms with E-state index in [2.05, 4.69) is 6.92 Å². The maximum absolute atomic E-state index is 12.0. The molecule has 0 unspecified atom stereocenters. The topological polar surface area (TPSA) is 55.8 Å². The van der Waals surface area contributed by atoms with Crippen LogP contribution in [0.1, 0.15) is 34.8 Å². The van der Waals surface area contributed by atoms with E-state index in [1.54, 1.807) is 19.2 Å². The van der Waals surface area contributed by atoms with Crippen molar-refractivity contribution in [2.75, 3.05) is 7.11 Å². The van der Waals surface area contributed by atoms with Gasteiger partial charge in [0.1, 0.15) is 18.1 Å². The highest BCUT2D eigenvalue weighted by molar-refractivity contribution is 6.03. The highest BCUT2D eigenvalue weighted by Crippen LogP contribution is 2.41. The first-order chi connectivity index (χ1) is 15.6. The summed E-state index contributed by atoms with van der Waals surface area (Å²) in [7, 11) is 1.65. The van der Waals surface area contributed by atoms with Gasteiger partial charge in [0.25, 0.3) is 0 Å². The number of methoxy groups -OCH3 is 1. The molecule has 4 heteroatoms. The molecule has 162 valence electrons. The van der Waals surface area contributed by atoms with Crippen LogP contribution in [-0.4, -0.2) is 18.2 Å². The van der Waals surface area contributed by atoms with Gasteiger partial charge in [0.2, 0.25) is 0 Å². The van der Waals surface area contributed by atoms with Crippen LogP contribution in [0, 0.1) is 0 Å². The van der Waals surface area contributed by atoms with Gasteiger partial charge in [0.15, 0.2) is 0 Å².